The van der Waals surface area contributed by atoms with E-state index < -0.39 is 0 Å². The number of hydrogen-bond donors (Lipinski definition) is 4. The fraction of sp³-hybridized carbons (Fsp3) is 0.353. The molecule has 7 nitrogen and oxygen atoms in total. The van der Waals surface area contributed by atoms with Gasteiger partial charge in [-0.15, -0.1) is 0 Å². The van der Waals surface area contributed by atoms with E-state index in [2.05, 4.69) is 67.2 Å². The van der Waals surface area contributed by atoms with Gasteiger partial charge in [0.25, 0.3) is 0 Å². The SMILES string of the molecule is O=C(Nc1ccc([C@@H]2CCC(c3ccc(-c4cnc([C@@H]5CCCN5)[nH]4)cc3)N2c2ccc(F)cc2)cc1)C1CCCN1. The zero-order valence-electron chi connectivity index (χ0n) is 23.7. The second kappa shape index (κ2) is 11.7. The number of aromatic nitrogens is 2. The number of anilines is 2. The third-order valence-corrected chi connectivity index (χ3v) is 9.04. The van der Waals surface area contributed by atoms with Crippen LogP contribution in [-0.2, 0) is 4.79 Å². The van der Waals surface area contributed by atoms with E-state index in [4.69, 9.17) is 0 Å². The second-order valence-electron chi connectivity index (χ2n) is 11.7. The minimum atomic E-state index is -0.237. The number of carbonyl (C=O) groups excluding carboxylic acids is 1. The molecule has 2 unspecified atom stereocenters. The molecule has 3 aromatic carbocycles. The highest BCUT2D eigenvalue weighted by Gasteiger charge is 2.35. The summed E-state index contributed by atoms with van der Waals surface area (Å²) in [5.74, 6) is 0.798. The Morgan fingerprint density at radius 3 is 2.12 bits per heavy atom. The minimum Gasteiger partial charge on any atom is -0.357 e. The molecule has 0 bridgehead atoms. The Hall–Kier alpha value is -4.01. The van der Waals surface area contributed by atoms with Gasteiger partial charge in [0.1, 0.15) is 11.6 Å². The van der Waals surface area contributed by atoms with Crippen LogP contribution in [0.25, 0.3) is 11.3 Å². The summed E-state index contributed by atoms with van der Waals surface area (Å²) in [7, 11) is 0. The summed E-state index contributed by atoms with van der Waals surface area (Å²) in [6, 6.07) is 24.3. The molecule has 0 aliphatic carbocycles. The maximum absolute atomic E-state index is 13.9. The molecular formula is C34H37FN6O. The summed E-state index contributed by atoms with van der Waals surface area (Å²) in [4.78, 5) is 23.1. The molecule has 3 saturated heterocycles. The first-order valence-electron chi connectivity index (χ1n) is 15.2. The lowest BCUT2D eigenvalue weighted by atomic mass is 10.0. The van der Waals surface area contributed by atoms with Crippen molar-refractivity contribution in [3.05, 3.63) is 102 Å². The van der Waals surface area contributed by atoms with Crippen molar-refractivity contribution in [2.75, 3.05) is 23.3 Å². The molecule has 0 spiro atoms. The number of aromatic amines is 1. The summed E-state index contributed by atoms with van der Waals surface area (Å²) in [5, 5.41) is 9.81. The van der Waals surface area contributed by atoms with Crippen molar-refractivity contribution < 1.29 is 9.18 Å². The van der Waals surface area contributed by atoms with Gasteiger partial charge in [0.15, 0.2) is 0 Å². The van der Waals surface area contributed by atoms with Crippen molar-refractivity contribution in [3.63, 3.8) is 0 Å². The van der Waals surface area contributed by atoms with Crippen molar-refractivity contribution in [1.82, 2.24) is 20.6 Å². The highest BCUT2D eigenvalue weighted by molar-refractivity contribution is 5.95. The van der Waals surface area contributed by atoms with E-state index >= 15 is 0 Å². The molecule has 1 aromatic heterocycles. The molecule has 3 aliphatic heterocycles. The fourth-order valence-corrected chi connectivity index (χ4v) is 6.83. The molecular weight excluding hydrogens is 527 g/mol. The number of carbonyl (C=O) groups is 1. The van der Waals surface area contributed by atoms with Crippen LogP contribution in [0, 0.1) is 5.82 Å². The first-order chi connectivity index (χ1) is 20.6. The molecule has 4 heterocycles. The fourth-order valence-electron chi connectivity index (χ4n) is 6.83. The maximum Gasteiger partial charge on any atom is 0.241 e. The summed E-state index contributed by atoms with van der Waals surface area (Å²) < 4.78 is 13.9. The Morgan fingerprint density at radius 1 is 0.810 bits per heavy atom. The van der Waals surface area contributed by atoms with Crippen LogP contribution < -0.4 is 20.9 Å². The van der Waals surface area contributed by atoms with Crippen molar-refractivity contribution in [1.29, 1.82) is 0 Å². The van der Waals surface area contributed by atoms with Crippen LogP contribution in [0.15, 0.2) is 79.0 Å². The summed E-state index contributed by atoms with van der Waals surface area (Å²) >= 11 is 0. The van der Waals surface area contributed by atoms with Gasteiger partial charge in [-0.05, 0) is 105 Å². The van der Waals surface area contributed by atoms with Gasteiger partial charge in [0, 0.05) is 11.4 Å². The molecule has 3 aliphatic rings. The normalized spacial score (nSPS) is 23.9. The number of rotatable bonds is 7. The number of nitrogens with zero attached hydrogens (tertiary/aromatic N) is 2. The zero-order chi connectivity index (χ0) is 28.5. The van der Waals surface area contributed by atoms with Gasteiger partial charge >= 0.3 is 0 Å². The van der Waals surface area contributed by atoms with Crippen LogP contribution in [0.3, 0.4) is 0 Å². The molecule has 7 rings (SSSR count). The van der Waals surface area contributed by atoms with Crippen LogP contribution in [0.2, 0.25) is 0 Å². The smallest absolute Gasteiger partial charge is 0.241 e. The second-order valence-corrected chi connectivity index (χ2v) is 11.7. The number of H-pyrrole nitrogens is 1. The average Bonchev–Trinajstić information content (AvgIpc) is 3.85. The van der Waals surface area contributed by atoms with Gasteiger partial charge in [-0.3, -0.25) is 4.79 Å². The van der Waals surface area contributed by atoms with Crippen molar-refractivity contribution in [2.45, 2.75) is 62.7 Å². The Morgan fingerprint density at radius 2 is 1.48 bits per heavy atom. The molecule has 216 valence electrons. The number of amides is 1. The summed E-state index contributed by atoms with van der Waals surface area (Å²) in [6.07, 6.45) is 8.09. The zero-order valence-corrected chi connectivity index (χ0v) is 23.7. The Balaban J connectivity index is 1.12. The largest absolute Gasteiger partial charge is 0.357 e. The molecule has 4 atom stereocenters. The number of benzene rings is 3. The van der Waals surface area contributed by atoms with E-state index in [0.717, 1.165) is 73.7 Å². The van der Waals surface area contributed by atoms with Crippen LogP contribution in [0.4, 0.5) is 15.8 Å². The maximum atomic E-state index is 13.9. The van der Waals surface area contributed by atoms with E-state index in [1.54, 1.807) is 0 Å². The lowest BCUT2D eigenvalue weighted by Crippen LogP contribution is -2.35. The monoisotopic (exact) mass is 564 g/mol. The quantitative estimate of drug-likeness (QED) is 0.208. The van der Waals surface area contributed by atoms with E-state index in [-0.39, 0.29) is 29.8 Å². The van der Waals surface area contributed by atoms with Crippen molar-refractivity contribution in [3.8, 4) is 11.3 Å². The molecule has 0 radical (unpaired) electrons. The van der Waals surface area contributed by atoms with Crippen LogP contribution in [0.1, 0.15) is 73.6 Å². The highest BCUT2D eigenvalue weighted by atomic mass is 19.1. The third-order valence-electron chi connectivity index (χ3n) is 9.04. The van der Waals surface area contributed by atoms with Gasteiger partial charge < -0.3 is 25.8 Å². The first kappa shape index (κ1) is 26.9. The average molecular weight is 565 g/mol. The number of halogens is 1. The number of imidazole rings is 1. The molecule has 8 heteroatoms. The van der Waals surface area contributed by atoms with Gasteiger partial charge in [-0.1, -0.05) is 36.4 Å². The Labute approximate surface area is 245 Å². The first-order valence-corrected chi connectivity index (χ1v) is 15.2. The lowest BCUT2D eigenvalue weighted by Gasteiger charge is -2.33. The summed E-state index contributed by atoms with van der Waals surface area (Å²) in [5.41, 5.74) is 6.36. The summed E-state index contributed by atoms with van der Waals surface area (Å²) in [6.45, 7) is 1.94. The van der Waals surface area contributed by atoms with Crippen molar-refractivity contribution in [2.24, 2.45) is 0 Å². The van der Waals surface area contributed by atoms with Crippen LogP contribution in [0.5, 0.6) is 0 Å². The van der Waals surface area contributed by atoms with Gasteiger partial charge in [-0.2, -0.15) is 0 Å². The highest BCUT2D eigenvalue weighted by Crippen LogP contribution is 2.47. The standard InChI is InChI=1S/C34H37FN6O/c35-25-11-15-27(16-12-25)41-31(23-7-5-22(6-8-23)30-21-38-33(40-30)28-3-1-19-36-28)17-18-32(41)24-9-13-26(14-10-24)39-34(42)29-4-2-20-37-29/h5-16,21,28-29,31-32,36-37H,1-4,17-20H2,(H,38,40)(H,39,42)/t28-,29?,31?,32-/m0/s1. The van der Waals surface area contributed by atoms with Crippen LogP contribution >= 0.6 is 0 Å². The molecule has 42 heavy (non-hydrogen) atoms. The predicted molar refractivity (Wildman–Crippen MR) is 164 cm³/mol. The van der Waals surface area contributed by atoms with Gasteiger partial charge in [0.05, 0.1) is 36.1 Å². The van der Waals surface area contributed by atoms with Crippen molar-refractivity contribution >= 4 is 17.3 Å². The van der Waals surface area contributed by atoms with Gasteiger partial charge in [-0.25, -0.2) is 9.37 Å². The number of hydrogen-bond acceptors (Lipinski definition) is 5. The molecule has 4 N–H and O–H groups in total. The molecule has 1 amide bonds. The minimum absolute atomic E-state index is 0.0270. The molecule has 0 saturated carbocycles. The van der Waals surface area contributed by atoms with Gasteiger partial charge in [0.2, 0.25) is 5.91 Å². The molecule has 3 fully saturated rings. The van der Waals surface area contributed by atoms with E-state index in [9.17, 15) is 9.18 Å². The third kappa shape index (κ3) is 5.44. The predicted octanol–water partition coefficient (Wildman–Crippen LogP) is 6.41. The Kier molecular flexibility index (Phi) is 7.48. The lowest BCUT2D eigenvalue weighted by molar-refractivity contribution is -0.117. The van der Waals surface area contributed by atoms with E-state index in [0.29, 0.717) is 6.04 Å². The van der Waals surface area contributed by atoms with E-state index in [1.807, 2.05) is 30.5 Å². The van der Waals surface area contributed by atoms with E-state index in [1.165, 1.54) is 29.7 Å². The Bertz CT molecular complexity index is 1510. The molecule has 4 aromatic rings. The topological polar surface area (TPSA) is 85.1 Å². The number of nitrogens with one attached hydrogen (secondary N) is 4. The van der Waals surface area contributed by atoms with Crippen LogP contribution in [-0.4, -0.2) is 35.0 Å².